The lowest BCUT2D eigenvalue weighted by Crippen LogP contribution is -2.14. The van der Waals surface area contributed by atoms with Gasteiger partial charge >= 0.3 is 23.9 Å². The molecule has 1 saturated heterocycles. The molecule has 396 valence electrons. The van der Waals surface area contributed by atoms with Gasteiger partial charge < -0.3 is 47.0 Å². The number of hydrogen-bond donors (Lipinski definition) is 0. The normalized spacial score (nSPS) is 12.9. The highest BCUT2D eigenvalue weighted by Gasteiger charge is 2.28. The third-order valence-electron chi connectivity index (χ3n) is 11.4. The van der Waals surface area contributed by atoms with Crippen molar-refractivity contribution in [2.24, 2.45) is 10.2 Å². The van der Waals surface area contributed by atoms with Gasteiger partial charge in [-0.3, -0.25) is 0 Å². The van der Waals surface area contributed by atoms with Crippen molar-refractivity contribution < 1.29 is 79.4 Å². The summed E-state index contributed by atoms with van der Waals surface area (Å²) in [6, 6.07) is 29.1. The highest BCUT2D eigenvalue weighted by Crippen LogP contribution is 2.41. The number of esters is 4. The third kappa shape index (κ3) is 15.3. The molecule has 1 aliphatic rings. The smallest absolute Gasteiger partial charge is 0.343 e. The maximum absolute atomic E-state index is 16.3. The zero-order chi connectivity index (χ0) is 54.1. The van der Waals surface area contributed by atoms with E-state index < -0.39 is 52.8 Å². The van der Waals surface area contributed by atoms with Crippen LogP contribution in [-0.2, 0) is 19.0 Å². The Morgan fingerprint density at radius 2 is 1.25 bits per heavy atom. The van der Waals surface area contributed by atoms with Crippen molar-refractivity contribution in [3.8, 4) is 45.8 Å². The van der Waals surface area contributed by atoms with E-state index in [0.717, 1.165) is 35.8 Å². The van der Waals surface area contributed by atoms with Gasteiger partial charge in [-0.25, -0.2) is 23.6 Å². The largest absolute Gasteiger partial charge is 0.494 e. The van der Waals surface area contributed by atoms with Crippen molar-refractivity contribution in [3.63, 3.8) is 0 Å². The average molecular weight is 1060 g/mol. The summed E-state index contributed by atoms with van der Waals surface area (Å²) in [5.41, 5.74) is 0.189. The maximum atomic E-state index is 16.3. The fraction of sp³-hybridized carbons (Fsp3) is 0.207. The number of carbonyl (C=O) groups excluding carboxylic acids is 4. The molecule has 0 saturated carbocycles. The van der Waals surface area contributed by atoms with Gasteiger partial charge in [0.15, 0.2) is 29.3 Å². The zero-order valence-corrected chi connectivity index (χ0v) is 41.4. The quantitative estimate of drug-likeness (QED) is 0.00946. The SMILES string of the molecule is C=CC(=O)OCCCCCCOc1ccc(C(=O)Oc2c(-c3ccc(/C=N/N=C/c4ccc(F)cc4)o3)cc(OC(=O)c3ccc(OC(=O)c4ccc5cc(OCCCOC6CO6)ccc5c4)c(OC)c3)c(F)c2F)cc1. The van der Waals surface area contributed by atoms with Crippen molar-refractivity contribution in [1.82, 2.24) is 0 Å². The number of carbonyl (C=O) groups is 4. The lowest BCUT2D eigenvalue weighted by molar-refractivity contribution is -0.137. The molecule has 0 aliphatic carbocycles. The van der Waals surface area contributed by atoms with E-state index >= 15 is 8.78 Å². The number of methoxy groups -OCH3 is 1. The lowest BCUT2D eigenvalue weighted by atomic mass is 10.1. The topological polar surface area (TPSA) is 193 Å². The number of nitrogens with zero attached hydrogens (tertiary/aromatic N) is 2. The first-order valence-electron chi connectivity index (χ1n) is 24.1. The second-order valence-electron chi connectivity index (χ2n) is 16.9. The van der Waals surface area contributed by atoms with Gasteiger partial charge in [0, 0.05) is 12.5 Å². The highest BCUT2D eigenvalue weighted by atomic mass is 19.2. The summed E-state index contributed by atoms with van der Waals surface area (Å²) >= 11 is 0. The Morgan fingerprint density at radius 1 is 0.610 bits per heavy atom. The van der Waals surface area contributed by atoms with E-state index in [9.17, 15) is 23.6 Å². The van der Waals surface area contributed by atoms with Crippen LogP contribution in [0, 0.1) is 17.5 Å². The summed E-state index contributed by atoms with van der Waals surface area (Å²) < 4.78 is 101. The number of furan rings is 1. The van der Waals surface area contributed by atoms with Gasteiger partial charge in [0.2, 0.25) is 11.6 Å². The Labute approximate surface area is 439 Å². The minimum atomic E-state index is -1.70. The van der Waals surface area contributed by atoms with Crippen molar-refractivity contribution in [1.29, 1.82) is 0 Å². The molecular weight excluding hydrogens is 1010 g/mol. The van der Waals surface area contributed by atoms with Crippen molar-refractivity contribution >= 4 is 47.1 Å². The summed E-state index contributed by atoms with van der Waals surface area (Å²) in [5.74, 6) is -8.18. The van der Waals surface area contributed by atoms with Crippen LogP contribution in [-0.4, -0.2) is 82.7 Å². The van der Waals surface area contributed by atoms with E-state index in [-0.39, 0.29) is 51.6 Å². The molecule has 19 heteroatoms. The van der Waals surface area contributed by atoms with Gasteiger partial charge in [0.05, 0.1) is 68.2 Å². The van der Waals surface area contributed by atoms with E-state index in [1.54, 1.807) is 24.3 Å². The molecule has 1 unspecified atom stereocenters. The molecule has 1 fully saturated rings. The van der Waals surface area contributed by atoms with Gasteiger partial charge in [0.25, 0.3) is 0 Å². The fourth-order valence-electron chi connectivity index (χ4n) is 7.30. The van der Waals surface area contributed by atoms with E-state index in [1.165, 1.54) is 98.4 Å². The third-order valence-corrected chi connectivity index (χ3v) is 11.4. The van der Waals surface area contributed by atoms with Gasteiger partial charge in [-0.15, -0.1) is 0 Å². The number of halogens is 3. The van der Waals surface area contributed by atoms with E-state index in [0.29, 0.717) is 69.4 Å². The van der Waals surface area contributed by atoms with E-state index in [1.807, 2.05) is 12.1 Å². The number of ether oxygens (including phenoxy) is 9. The van der Waals surface area contributed by atoms with Crippen LogP contribution < -0.4 is 28.4 Å². The number of rotatable bonds is 26. The molecular formula is C58H49F3N2O14. The number of benzene rings is 6. The Hall–Kier alpha value is -9.07. The van der Waals surface area contributed by atoms with Crippen LogP contribution in [0.1, 0.15) is 74.5 Å². The standard InChI is InChI=1S/C58H49F3N2O14/c1-3-51(64)71-26-7-5-4-6-25-69-43-19-13-37(14-20-43)56(65)77-55-46(47-24-22-45(74-47)34-63-62-33-36-9-17-42(59)18-10-36)32-50(53(60)54(55)61)76-58(67)41-16-23-48(49(31-41)68-2)75-57(66)40-12-11-39-30-44(21-15-38(39)29-40)70-27-8-28-72-52-35-73-52/h3,9-24,29-34,52H,1,4-8,25-28,35H2,2H3/b62-33+,63-34+. The Bertz CT molecular complexity index is 3300. The summed E-state index contributed by atoms with van der Waals surface area (Å²) in [6.45, 7) is 5.61. The highest BCUT2D eigenvalue weighted by molar-refractivity contribution is 5.98. The molecule has 0 spiro atoms. The molecule has 1 aromatic heterocycles. The van der Waals surface area contributed by atoms with Crippen LogP contribution in [0.5, 0.6) is 34.5 Å². The molecule has 1 atom stereocenters. The number of hydrogen-bond acceptors (Lipinski definition) is 16. The van der Waals surface area contributed by atoms with E-state index in [4.69, 9.17) is 47.0 Å². The minimum Gasteiger partial charge on any atom is -0.494 e. The lowest BCUT2D eigenvalue weighted by Gasteiger charge is -2.14. The maximum Gasteiger partial charge on any atom is 0.343 e. The first-order valence-corrected chi connectivity index (χ1v) is 24.1. The first kappa shape index (κ1) is 54.2. The summed E-state index contributed by atoms with van der Waals surface area (Å²) in [7, 11) is 1.27. The predicted molar refractivity (Wildman–Crippen MR) is 275 cm³/mol. The summed E-state index contributed by atoms with van der Waals surface area (Å²) in [4.78, 5) is 51.7. The first-order chi connectivity index (χ1) is 37.4. The second-order valence-corrected chi connectivity index (χ2v) is 16.9. The van der Waals surface area contributed by atoms with Crippen molar-refractivity contribution in [3.05, 3.63) is 179 Å². The molecule has 0 bridgehead atoms. The molecule has 77 heavy (non-hydrogen) atoms. The van der Waals surface area contributed by atoms with Crippen LogP contribution >= 0.6 is 0 Å². The van der Waals surface area contributed by atoms with Crippen molar-refractivity contribution in [2.45, 2.75) is 38.4 Å². The number of fused-ring (bicyclic) bond motifs is 1. The van der Waals surface area contributed by atoms with Crippen LogP contribution in [0.4, 0.5) is 13.2 Å². The van der Waals surface area contributed by atoms with Gasteiger partial charge in [-0.2, -0.15) is 19.0 Å². The summed E-state index contributed by atoms with van der Waals surface area (Å²) in [5, 5.41) is 9.41. The number of epoxide rings is 1. The fourth-order valence-corrected chi connectivity index (χ4v) is 7.30. The monoisotopic (exact) mass is 1050 g/mol. The van der Waals surface area contributed by atoms with Crippen LogP contribution in [0.2, 0.25) is 0 Å². The molecule has 16 nitrogen and oxygen atoms in total. The predicted octanol–water partition coefficient (Wildman–Crippen LogP) is 11.4. The number of unbranched alkanes of at least 4 members (excludes halogenated alkanes) is 3. The van der Waals surface area contributed by atoms with Gasteiger partial charge in [0.1, 0.15) is 35.4 Å². The minimum absolute atomic E-state index is 0.0442. The zero-order valence-electron chi connectivity index (χ0n) is 41.4. The molecule has 8 rings (SSSR count). The molecule has 0 N–H and O–H groups in total. The molecule has 0 radical (unpaired) electrons. The summed E-state index contributed by atoms with van der Waals surface area (Å²) in [6.07, 6.45) is 7.29. The Kier molecular flexibility index (Phi) is 18.6. The molecule has 6 aromatic carbocycles. The molecule has 1 aliphatic heterocycles. The molecule has 2 heterocycles. The van der Waals surface area contributed by atoms with Gasteiger partial charge in [-0.1, -0.05) is 30.8 Å². The van der Waals surface area contributed by atoms with Crippen LogP contribution in [0.25, 0.3) is 22.1 Å². The van der Waals surface area contributed by atoms with Crippen molar-refractivity contribution in [2.75, 3.05) is 40.1 Å². The molecule has 7 aromatic rings. The molecule has 0 amide bonds. The van der Waals surface area contributed by atoms with Crippen LogP contribution in [0.3, 0.4) is 0 Å². The Morgan fingerprint density at radius 3 is 2.00 bits per heavy atom. The van der Waals surface area contributed by atoms with Gasteiger partial charge in [-0.05, 0) is 139 Å². The second kappa shape index (κ2) is 26.4. The van der Waals surface area contributed by atoms with E-state index in [2.05, 4.69) is 16.8 Å². The Balaban J connectivity index is 0.951. The van der Waals surface area contributed by atoms with Crippen LogP contribution in [0.15, 0.2) is 149 Å². The average Bonchev–Trinajstić information content (AvgIpc) is 4.16.